The molecule has 1 unspecified atom stereocenters. The maximum absolute atomic E-state index is 13.2. The van der Waals surface area contributed by atoms with E-state index in [9.17, 15) is 14.7 Å². The Balaban J connectivity index is 2.22. The summed E-state index contributed by atoms with van der Waals surface area (Å²) in [4.78, 5) is 27.8. The van der Waals surface area contributed by atoms with Crippen molar-refractivity contribution >= 4 is 17.4 Å². The fourth-order valence-electron chi connectivity index (χ4n) is 4.20. The standard InChI is InChI=1S/C27H33NO7/c1-6-14-28-24(17-10-13-20(32-5)22(15-17)35-9-4)23(26(30)27(28)31)25(29)19-12-11-18(33-7-2)16-21(19)34-8-3/h10-13,15-16,24,29H,6-9,14H2,1-5H3/b25-23+. The minimum atomic E-state index is -0.791. The SMILES string of the molecule is CCCN1C(=O)C(=O)/C(=C(/O)c2ccc(OCC)cc2OCC)C1c1ccc(OC)c(OCC)c1. The molecular formula is C27H33NO7. The lowest BCUT2D eigenvalue weighted by Gasteiger charge is -2.25. The molecule has 1 aliphatic rings. The number of methoxy groups -OCH3 is 1. The molecule has 0 bridgehead atoms. The van der Waals surface area contributed by atoms with Crippen molar-refractivity contribution in [2.75, 3.05) is 33.5 Å². The highest BCUT2D eigenvalue weighted by Crippen LogP contribution is 2.43. The number of hydrogen-bond acceptors (Lipinski definition) is 7. The number of amides is 1. The van der Waals surface area contributed by atoms with Crippen LogP contribution in [0.3, 0.4) is 0 Å². The molecule has 1 aliphatic heterocycles. The molecule has 8 heteroatoms. The zero-order valence-electron chi connectivity index (χ0n) is 20.9. The minimum Gasteiger partial charge on any atom is -0.507 e. The summed E-state index contributed by atoms with van der Waals surface area (Å²) in [5, 5.41) is 11.4. The summed E-state index contributed by atoms with van der Waals surface area (Å²) in [5.74, 6) is 0.265. The first-order valence-corrected chi connectivity index (χ1v) is 11.9. The Labute approximate surface area is 206 Å². The molecule has 0 spiro atoms. The largest absolute Gasteiger partial charge is 0.507 e. The smallest absolute Gasteiger partial charge is 0.295 e. The van der Waals surface area contributed by atoms with Crippen molar-refractivity contribution in [3.05, 3.63) is 53.1 Å². The molecule has 0 radical (unpaired) electrons. The molecule has 1 atom stereocenters. The molecule has 1 heterocycles. The van der Waals surface area contributed by atoms with E-state index in [4.69, 9.17) is 18.9 Å². The third-order valence-electron chi connectivity index (χ3n) is 5.63. The van der Waals surface area contributed by atoms with Gasteiger partial charge in [0.1, 0.15) is 17.3 Å². The highest BCUT2D eigenvalue weighted by Gasteiger charge is 2.46. The number of aliphatic hydroxyl groups is 1. The average Bonchev–Trinajstić information content (AvgIpc) is 3.10. The van der Waals surface area contributed by atoms with Crippen LogP contribution in [0.25, 0.3) is 5.76 Å². The van der Waals surface area contributed by atoms with Crippen LogP contribution in [0.1, 0.15) is 51.3 Å². The molecular weight excluding hydrogens is 450 g/mol. The van der Waals surface area contributed by atoms with Crippen LogP contribution >= 0.6 is 0 Å². The maximum atomic E-state index is 13.2. The Morgan fingerprint density at radius 3 is 2.20 bits per heavy atom. The number of benzene rings is 2. The van der Waals surface area contributed by atoms with Gasteiger partial charge in [0, 0.05) is 12.6 Å². The molecule has 1 N–H and O–H groups in total. The lowest BCUT2D eigenvalue weighted by atomic mass is 9.94. The molecule has 8 nitrogen and oxygen atoms in total. The van der Waals surface area contributed by atoms with Gasteiger partial charge in [0.25, 0.3) is 11.7 Å². The van der Waals surface area contributed by atoms with E-state index in [0.717, 1.165) is 0 Å². The van der Waals surface area contributed by atoms with Gasteiger partial charge in [0.15, 0.2) is 11.5 Å². The molecule has 2 aromatic rings. The number of likely N-dealkylation sites (tertiary alicyclic amines) is 1. The number of carbonyl (C=O) groups excluding carboxylic acids is 2. The number of hydrogen-bond donors (Lipinski definition) is 1. The molecule has 3 rings (SSSR count). The summed E-state index contributed by atoms with van der Waals surface area (Å²) in [6.07, 6.45) is 0.644. The van der Waals surface area contributed by atoms with Crippen LogP contribution in [0, 0.1) is 0 Å². The molecule has 0 aliphatic carbocycles. The highest BCUT2D eigenvalue weighted by atomic mass is 16.5. The number of ether oxygens (including phenoxy) is 4. The first kappa shape index (κ1) is 25.9. The van der Waals surface area contributed by atoms with E-state index in [1.807, 2.05) is 27.7 Å². The number of carbonyl (C=O) groups is 2. The molecule has 1 fully saturated rings. The van der Waals surface area contributed by atoms with Crippen molar-refractivity contribution in [1.29, 1.82) is 0 Å². The molecule has 188 valence electrons. The fraction of sp³-hybridized carbons (Fsp3) is 0.407. The molecule has 1 amide bonds. The summed E-state index contributed by atoms with van der Waals surface area (Å²) < 4.78 is 22.4. The van der Waals surface area contributed by atoms with Crippen LogP contribution < -0.4 is 18.9 Å². The third-order valence-corrected chi connectivity index (χ3v) is 5.63. The molecule has 0 aromatic heterocycles. The quantitative estimate of drug-likeness (QED) is 0.281. The summed E-state index contributed by atoms with van der Waals surface area (Å²) in [6.45, 7) is 9.06. The average molecular weight is 484 g/mol. The van der Waals surface area contributed by atoms with E-state index < -0.39 is 17.7 Å². The molecule has 35 heavy (non-hydrogen) atoms. The predicted molar refractivity (Wildman–Crippen MR) is 132 cm³/mol. The Morgan fingerprint density at radius 1 is 0.886 bits per heavy atom. The third kappa shape index (κ3) is 5.21. The highest BCUT2D eigenvalue weighted by molar-refractivity contribution is 6.46. The lowest BCUT2D eigenvalue weighted by molar-refractivity contribution is -0.139. The second-order valence-corrected chi connectivity index (χ2v) is 7.86. The first-order chi connectivity index (χ1) is 16.9. The Bertz CT molecular complexity index is 1110. The summed E-state index contributed by atoms with van der Waals surface area (Å²) >= 11 is 0. The van der Waals surface area contributed by atoms with Gasteiger partial charge in [0.05, 0.1) is 44.1 Å². The van der Waals surface area contributed by atoms with E-state index in [1.54, 1.807) is 43.5 Å². The fourth-order valence-corrected chi connectivity index (χ4v) is 4.20. The molecule has 1 saturated heterocycles. The minimum absolute atomic E-state index is 0.00109. The second kappa shape index (κ2) is 11.6. The Morgan fingerprint density at radius 2 is 1.57 bits per heavy atom. The van der Waals surface area contributed by atoms with Crippen molar-refractivity contribution in [1.82, 2.24) is 4.90 Å². The van der Waals surface area contributed by atoms with Gasteiger partial charge in [0.2, 0.25) is 0 Å². The van der Waals surface area contributed by atoms with Crippen molar-refractivity contribution < 1.29 is 33.6 Å². The zero-order valence-corrected chi connectivity index (χ0v) is 20.9. The van der Waals surface area contributed by atoms with Crippen LogP contribution in [0.5, 0.6) is 23.0 Å². The van der Waals surface area contributed by atoms with Gasteiger partial charge < -0.3 is 29.0 Å². The first-order valence-electron chi connectivity index (χ1n) is 11.9. The van der Waals surface area contributed by atoms with E-state index in [2.05, 4.69) is 0 Å². The van der Waals surface area contributed by atoms with Crippen LogP contribution in [0.15, 0.2) is 42.0 Å². The number of rotatable bonds is 11. The summed E-state index contributed by atoms with van der Waals surface area (Å²) in [7, 11) is 1.54. The summed E-state index contributed by atoms with van der Waals surface area (Å²) in [6, 6.07) is 9.45. The predicted octanol–water partition coefficient (Wildman–Crippen LogP) is 4.72. The number of aliphatic hydroxyl groups excluding tert-OH is 1. The maximum Gasteiger partial charge on any atom is 0.295 e. The van der Waals surface area contributed by atoms with Gasteiger partial charge in [-0.25, -0.2) is 0 Å². The van der Waals surface area contributed by atoms with Crippen LogP contribution in [0.4, 0.5) is 0 Å². The van der Waals surface area contributed by atoms with Crippen molar-refractivity contribution in [2.45, 2.75) is 40.2 Å². The summed E-state index contributed by atoms with van der Waals surface area (Å²) in [5.41, 5.74) is 0.946. The Kier molecular flexibility index (Phi) is 8.63. The normalized spacial score (nSPS) is 16.9. The second-order valence-electron chi connectivity index (χ2n) is 7.86. The van der Waals surface area contributed by atoms with Crippen molar-refractivity contribution in [3.63, 3.8) is 0 Å². The van der Waals surface area contributed by atoms with Crippen LogP contribution in [-0.4, -0.2) is 55.2 Å². The molecule has 2 aromatic carbocycles. The Hall–Kier alpha value is -3.68. The number of nitrogens with zero attached hydrogens (tertiary/aromatic N) is 1. The zero-order chi connectivity index (χ0) is 25.5. The van der Waals surface area contributed by atoms with E-state index >= 15 is 0 Å². The van der Waals surface area contributed by atoms with Gasteiger partial charge in [-0.05, 0) is 57.0 Å². The topological polar surface area (TPSA) is 94.5 Å². The van der Waals surface area contributed by atoms with Gasteiger partial charge >= 0.3 is 0 Å². The van der Waals surface area contributed by atoms with Crippen LogP contribution in [-0.2, 0) is 9.59 Å². The van der Waals surface area contributed by atoms with E-state index in [-0.39, 0.29) is 11.3 Å². The van der Waals surface area contributed by atoms with Crippen molar-refractivity contribution in [2.24, 2.45) is 0 Å². The lowest BCUT2D eigenvalue weighted by Crippen LogP contribution is -2.30. The van der Waals surface area contributed by atoms with Crippen LogP contribution in [0.2, 0.25) is 0 Å². The van der Waals surface area contributed by atoms with E-state index in [0.29, 0.717) is 66.9 Å². The number of Topliss-reactive ketones (excluding diaryl/α,β-unsaturated/α-hetero) is 1. The monoisotopic (exact) mass is 483 g/mol. The van der Waals surface area contributed by atoms with E-state index in [1.165, 1.54) is 4.90 Å². The van der Waals surface area contributed by atoms with Gasteiger partial charge in [-0.1, -0.05) is 13.0 Å². The number of ketones is 1. The van der Waals surface area contributed by atoms with Crippen molar-refractivity contribution in [3.8, 4) is 23.0 Å². The van der Waals surface area contributed by atoms with Gasteiger partial charge in [-0.2, -0.15) is 0 Å². The molecule has 0 saturated carbocycles. The van der Waals surface area contributed by atoms with Gasteiger partial charge in [-0.3, -0.25) is 9.59 Å². The van der Waals surface area contributed by atoms with Gasteiger partial charge in [-0.15, -0.1) is 0 Å².